The molecule has 0 spiro atoms. The van der Waals surface area contributed by atoms with Crippen molar-refractivity contribution in [1.29, 1.82) is 0 Å². The van der Waals surface area contributed by atoms with Gasteiger partial charge in [-0.1, -0.05) is 37.1 Å². The van der Waals surface area contributed by atoms with Crippen molar-refractivity contribution in [3.05, 3.63) is 71.6 Å². The van der Waals surface area contributed by atoms with Crippen LogP contribution in [-0.4, -0.2) is 39.2 Å². The molecule has 1 N–H and O–H groups in total. The van der Waals surface area contributed by atoms with Crippen LogP contribution in [0.4, 0.5) is 4.39 Å². The van der Waals surface area contributed by atoms with Crippen molar-refractivity contribution in [3.63, 3.8) is 0 Å². The van der Waals surface area contributed by atoms with Gasteiger partial charge in [-0.3, -0.25) is 14.0 Å². The number of pyridine rings is 1. The number of carbonyl (C=O) groups is 2. The van der Waals surface area contributed by atoms with Gasteiger partial charge in [-0.25, -0.2) is 9.37 Å². The van der Waals surface area contributed by atoms with Crippen LogP contribution < -0.4 is 5.32 Å². The van der Waals surface area contributed by atoms with Gasteiger partial charge in [0.05, 0.1) is 5.52 Å². The van der Waals surface area contributed by atoms with E-state index in [4.69, 9.17) is 0 Å². The second-order valence-electron chi connectivity index (χ2n) is 7.22. The summed E-state index contributed by atoms with van der Waals surface area (Å²) in [5.74, 6) is -0.744. The Bertz CT molecular complexity index is 1040. The topological polar surface area (TPSA) is 66.7 Å². The van der Waals surface area contributed by atoms with Crippen molar-refractivity contribution in [2.24, 2.45) is 0 Å². The molecule has 0 bridgehead atoms. The predicted octanol–water partition coefficient (Wildman–Crippen LogP) is 3.42. The number of nitrogens with one attached hydrogen (secondary N) is 1. The van der Waals surface area contributed by atoms with E-state index < -0.39 is 5.91 Å². The molecule has 2 amide bonds. The van der Waals surface area contributed by atoms with Gasteiger partial charge in [0.2, 0.25) is 5.82 Å². The molecule has 1 saturated heterocycles. The van der Waals surface area contributed by atoms with Crippen LogP contribution in [0.1, 0.15) is 52.4 Å². The van der Waals surface area contributed by atoms with Crippen molar-refractivity contribution in [2.45, 2.75) is 32.2 Å². The van der Waals surface area contributed by atoms with E-state index in [1.807, 2.05) is 4.90 Å². The number of imidazole rings is 1. The Balaban J connectivity index is 1.60. The summed E-state index contributed by atoms with van der Waals surface area (Å²) in [6.45, 7) is 1.46. The van der Waals surface area contributed by atoms with Crippen LogP contribution in [0, 0.1) is 5.82 Å². The molecule has 7 heteroatoms. The molecular weight excluding hydrogens is 371 g/mol. The Morgan fingerprint density at radius 2 is 1.72 bits per heavy atom. The number of likely N-dealkylation sites (tertiary alicyclic amines) is 1. The molecule has 6 nitrogen and oxygen atoms in total. The zero-order valence-electron chi connectivity index (χ0n) is 16.1. The van der Waals surface area contributed by atoms with Crippen LogP contribution in [-0.2, 0) is 6.54 Å². The predicted molar refractivity (Wildman–Crippen MR) is 107 cm³/mol. The molecule has 0 atom stereocenters. The lowest BCUT2D eigenvalue weighted by atomic mass is 10.2. The number of carbonyl (C=O) groups excluding carboxylic acids is 2. The van der Waals surface area contributed by atoms with Crippen molar-refractivity contribution in [1.82, 2.24) is 19.6 Å². The number of rotatable bonds is 4. The fourth-order valence-electron chi connectivity index (χ4n) is 3.67. The smallest absolute Gasteiger partial charge is 0.290 e. The van der Waals surface area contributed by atoms with Gasteiger partial charge in [0, 0.05) is 31.4 Å². The summed E-state index contributed by atoms with van der Waals surface area (Å²) in [6.07, 6.45) is 5.93. The average molecular weight is 394 g/mol. The highest BCUT2D eigenvalue weighted by Crippen LogP contribution is 2.18. The van der Waals surface area contributed by atoms with E-state index >= 15 is 0 Å². The summed E-state index contributed by atoms with van der Waals surface area (Å²) in [4.78, 5) is 32.1. The normalized spacial score (nSPS) is 14.6. The monoisotopic (exact) mass is 394 g/mol. The summed E-state index contributed by atoms with van der Waals surface area (Å²) < 4.78 is 15.5. The van der Waals surface area contributed by atoms with Crippen LogP contribution in [0.2, 0.25) is 0 Å². The molecule has 0 unspecified atom stereocenters. The van der Waals surface area contributed by atoms with Crippen LogP contribution >= 0.6 is 0 Å². The molecule has 3 heterocycles. The zero-order chi connectivity index (χ0) is 20.2. The Hall–Kier alpha value is -3.22. The van der Waals surface area contributed by atoms with Gasteiger partial charge in [0.25, 0.3) is 11.8 Å². The summed E-state index contributed by atoms with van der Waals surface area (Å²) in [7, 11) is 0. The molecule has 1 aliphatic heterocycles. The van der Waals surface area contributed by atoms with Gasteiger partial charge in [-0.15, -0.1) is 0 Å². The fourth-order valence-corrected chi connectivity index (χ4v) is 3.67. The zero-order valence-corrected chi connectivity index (χ0v) is 16.1. The summed E-state index contributed by atoms with van der Waals surface area (Å²) in [5, 5.41) is 2.71. The maximum absolute atomic E-state index is 13.8. The third kappa shape index (κ3) is 3.99. The van der Waals surface area contributed by atoms with Crippen LogP contribution in [0.15, 0.2) is 48.7 Å². The lowest BCUT2D eigenvalue weighted by molar-refractivity contribution is 0.0748. The molecule has 2 aromatic heterocycles. The quantitative estimate of drug-likeness (QED) is 0.737. The highest BCUT2D eigenvalue weighted by molar-refractivity contribution is 6.02. The van der Waals surface area contributed by atoms with Gasteiger partial charge in [0.1, 0.15) is 5.82 Å². The average Bonchev–Trinajstić information content (AvgIpc) is 2.92. The number of benzene rings is 1. The molecular formula is C22H23FN4O2. The lowest BCUT2D eigenvalue weighted by Crippen LogP contribution is -2.33. The Labute approximate surface area is 168 Å². The first-order chi connectivity index (χ1) is 14.1. The fraction of sp³-hybridized carbons (Fsp3) is 0.318. The second kappa shape index (κ2) is 8.43. The molecule has 0 saturated carbocycles. The van der Waals surface area contributed by atoms with E-state index in [1.165, 1.54) is 6.07 Å². The van der Waals surface area contributed by atoms with Crippen LogP contribution in [0.3, 0.4) is 0 Å². The van der Waals surface area contributed by atoms with Gasteiger partial charge in [-0.2, -0.15) is 0 Å². The third-order valence-corrected chi connectivity index (χ3v) is 5.25. The maximum Gasteiger partial charge on any atom is 0.290 e. The number of fused-ring (bicyclic) bond motifs is 1. The van der Waals surface area contributed by atoms with Gasteiger partial charge in [0.15, 0.2) is 5.69 Å². The highest BCUT2D eigenvalue weighted by atomic mass is 19.1. The first kappa shape index (κ1) is 19.1. The molecule has 1 aromatic carbocycles. The van der Waals surface area contributed by atoms with E-state index in [9.17, 15) is 14.0 Å². The first-order valence-electron chi connectivity index (χ1n) is 9.93. The summed E-state index contributed by atoms with van der Waals surface area (Å²) >= 11 is 0. The molecule has 4 rings (SSSR count). The maximum atomic E-state index is 13.8. The third-order valence-electron chi connectivity index (χ3n) is 5.25. The molecule has 1 fully saturated rings. The van der Waals surface area contributed by atoms with Crippen molar-refractivity contribution >= 4 is 17.3 Å². The number of nitrogens with zero attached hydrogens (tertiary/aromatic N) is 3. The lowest BCUT2D eigenvalue weighted by Gasteiger charge is -2.19. The van der Waals surface area contributed by atoms with E-state index in [0.717, 1.165) is 25.7 Å². The number of hydrogen-bond donors (Lipinski definition) is 1. The standard InChI is InChI=1S/C22H23FN4O2/c23-17-10-4-3-9-16(17)15-24-21(28)19-18-11-5-8-14-27(18)20(25-19)22(29)26-12-6-1-2-7-13-26/h3-5,8-11,14H,1-2,6-7,12-13,15H2,(H,24,28). The van der Waals surface area contributed by atoms with Gasteiger partial charge in [-0.05, 0) is 31.0 Å². The minimum absolute atomic E-state index is 0.0484. The van der Waals surface area contributed by atoms with E-state index in [0.29, 0.717) is 24.2 Å². The summed E-state index contributed by atoms with van der Waals surface area (Å²) in [6, 6.07) is 11.6. The van der Waals surface area contributed by atoms with E-state index in [2.05, 4.69) is 10.3 Å². The molecule has 3 aromatic rings. The van der Waals surface area contributed by atoms with Crippen LogP contribution in [0.25, 0.3) is 5.52 Å². The van der Waals surface area contributed by atoms with Crippen molar-refractivity contribution in [3.8, 4) is 0 Å². The summed E-state index contributed by atoms with van der Waals surface area (Å²) in [5.41, 5.74) is 1.11. The number of amides is 2. The van der Waals surface area contributed by atoms with Gasteiger partial charge >= 0.3 is 0 Å². The molecule has 0 aliphatic carbocycles. The second-order valence-corrected chi connectivity index (χ2v) is 7.22. The molecule has 150 valence electrons. The minimum atomic E-state index is -0.438. The van der Waals surface area contributed by atoms with Crippen molar-refractivity contribution in [2.75, 3.05) is 13.1 Å². The SMILES string of the molecule is O=C(NCc1ccccc1F)c1nc(C(=O)N2CCCCCC2)n2ccccc12. The van der Waals surface area contributed by atoms with Crippen molar-refractivity contribution < 1.29 is 14.0 Å². The Morgan fingerprint density at radius 3 is 2.48 bits per heavy atom. The van der Waals surface area contributed by atoms with Gasteiger partial charge < -0.3 is 10.2 Å². The number of hydrogen-bond acceptors (Lipinski definition) is 3. The largest absolute Gasteiger partial charge is 0.346 e. The van der Waals surface area contributed by atoms with Crippen LogP contribution in [0.5, 0.6) is 0 Å². The minimum Gasteiger partial charge on any atom is -0.346 e. The highest BCUT2D eigenvalue weighted by Gasteiger charge is 2.25. The first-order valence-corrected chi connectivity index (χ1v) is 9.93. The number of aromatic nitrogens is 2. The molecule has 1 aliphatic rings. The Kier molecular flexibility index (Phi) is 5.55. The molecule has 29 heavy (non-hydrogen) atoms. The van der Waals surface area contributed by atoms with E-state index in [-0.39, 0.29) is 29.8 Å². The Morgan fingerprint density at radius 1 is 1.00 bits per heavy atom. The number of halogens is 1. The van der Waals surface area contributed by atoms with E-state index in [1.54, 1.807) is 47.0 Å². The molecule has 0 radical (unpaired) electrons.